The van der Waals surface area contributed by atoms with E-state index in [2.05, 4.69) is 31.2 Å². The fourth-order valence-corrected chi connectivity index (χ4v) is 1.25. The average Bonchev–Trinajstić information content (AvgIpc) is 2.18. The molecule has 1 heterocycles. The van der Waals surface area contributed by atoms with Gasteiger partial charge in [-0.15, -0.1) is 0 Å². The first-order valence-electron chi connectivity index (χ1n) is 5.28. The number of nitrogens with one attached hydrogen (secondary N) is 1. The van der Waals surface area contributed by atoms with E-state index in [1.165, 1.54) is 0 Å². The van der Waals surface area contributed by atoms with Gasteiger partial charge in [0.1, 0.15) is 12.4 Å². The average molecular weight is 302 g/mol. The molecule has 0 radical (unpaired) electrons. The molecule has 0 saturated heterocycles. The maximum atomic E-state index is 11.3. The van der Waals surface area contributed by atoms with Crippen molar-refractivity contribution in [2.45, 2.75) is 32.7 Å². The van der Waals surface area contributed by atoms with Crippen LogP contribution >= 0.6 is 15.9 Å². The third-order valence-corrected chi connectivity index (χ3v) is 2.12. The first-order chi connectivity index (χ1) is 7.87. The van der Waals surface area contributed by atoms with Crippen LogP contribution in [0, 0.1) is 0 Å². The number of amides is 1. The number of carbonyl (C=O) groups excluding carboxylic acids is 1. The van der Waals surface area contributed by atoms with Crippen molar-refractivity contribution in [3.63, 3.8) is 0 Å². The third kappa shape index (κ3) is 6.21. The first-order valence-corrected chi connectivity index (χ1v) is 6.07. The Balaban J connectivity index is 2.28. The van der Waals surface area contributed by atoms with Crippen molar-refractivity contribution in [3.05, 3.63) is 22.7 Å². The van der Waals surface area contributed by atoms with Gasteiger partial charge in [0.05, 0.1) is 4.47 Å². The number of nitrogens with zero attached hydrogens (tertiary/aromatic N) is 2. The minimum atomic E-state index is -0.422. The van der Waals surface area contributed by atoms with Crippen molar-refractivity contribution >= 4 is 22.0 Å². The molecule has 0 aliphatic carbocycles. The molecule has 0 aliphatic rings. The van der Waals surface area contributed by atoms with Crippen molar-refractivity contribution < 1.29 is 9.53 Å². The highest BCUT2D eigenvalue weighted by Crippen LogP contribution is 2.04. The zero-order valence-corrected chi connectivity index (χ0v) is 11.7. The Hall–Kier alpha value is -1.17. The number of hydrogen-bond acceptors (Lipinski definition) is 4. The van der Waals surface area contributed by atoms with E-state index < -0.39 is 6.09 Å². The molecule has 6 heteroatoms. The van der Waals surface area contributed by atoms with E-state index in [0.717, 1.165) is 4.47 Å². The van der Waals surface area contributed by atoms with Crippen LogP contribution < -0.4 is 5.32 Å². The Bertz CT molecular complexity index is 373. The lowest BCUT2D eigenvalue weighted by Crippen LogP contribution is -2.41. The Morgan fingerprint density at radius 1 is 1.41 bits per heavy atom. The Kier molecular flexibility index (Phi) is 4.86. The molecule has 1 amide bonds. The van der Waals surface area contributed by atoms with Gasteiger partial charge in [-0.2, -0.15) is 0 Å². The van der Waals surface area contributed by atoms with E-state index in [-0.39, 0.29) is 12.1 Å². The first kappa shape index (κ1) is 13.9. The highest BCUT2D eigenvalue weighted by Gasteiger charge is 2.14. The van der Waals surface area contributed by atoms with Crippen LogP contribution in [0.5, 0.6) is 0 Å². The molecule has 0 saturated carbocycles. The molecular weight excluding hydrogens is 286 g/mol. The number of alkyl carbamates (subject to hydrolysis) is 1. The van der Waals surface area contributed by atoms with Crippen LogP contribution in [-0.4, -0.2) is 28.2 Å². The summed E-state index contributed by atoms with van der Waals surface area (Å²) in [6.07, 6.45) is 3.41. The van der Waals surface area contributed by atoms with Gasteiger partial charge >= 0.3 is 6.09 Å². The molecule has 0 aromatic carbocycles. The van der Waals surface area contributed by atoms with Crippen LogP contribution in [0.25, 0.3) is 0 Å². The minimum Gasteiger partial charge on any atom is -0.449 e. The van der Waals surface area contributed by atoms with Crippen molar-refractivity contribution in [1.29, 1.82) is 0 Å². The highest BCUT2D eigenvalue weighted by molar-refractivity contribution is 9.10. The normalized spacial score (nSPS) is 11.1. The van der Waals surface area contributed by atoms with E-state index in [4.69, 9.17) is 4.74 Å². The van der Waals surface area contributed by atoms with E-state index in [0.29, 0.717) is 12.2 Å². The summed E-state index contributed by atoms with van der Waals surface area (Å²) in [6, 6.07) is 0. The molecule has 0 spiro atoms. The molecular formula is C11H16BrN3O2. The summed E-state index contributed by atoms with van der Waals surface area (Å²) < 4.78 is 5.84. The second kappa shape index (κ2) is 5.95. The van der Waals surface area contributed by atoms with Crippen molar-refractivity contribution in [2.75, 3.05) is 6.61 Å². The SMILES string of the molecule is CC(C)(C)NC(=O)OCCc1ncc(Br)cn1. The number of halogens is 1. The van der Waals surface area contributed by atoms with Crippen LogP contribution in [0.3, 0.4) is 0 Å². The van der Waals surface area contributed by atoms with Crippen LogP contribution in [0.1, 0.15) is 26.6 Å². The smallest absolute Gasteiger partial charge is 0.407 e. The molecule has 1 aromatic heterocycles. The molecule has 0 fully saturated rings. The maximum Gasteiger partial charge on any atom is 0.407 e. The van der Waals surface area contributed by atoms with Crippen LogP contribution in [-0.2, 0) is 11.2 Å². The quantitative estimate of drug-likeness (QED) is 0.930. The number of carbonyl (C=O) groups is 1. The predicted molar refractivity (Wildman–Crippen MR) is 67.7 cm³/mol. The minimum absolute atomic E-state index is 0.267. The highest BCUT2D eigenvalue weighted by atomic mass is 79.9. The number of hydrogen-bond donors (Lipinski definition) is 1. The molecule has 0 unspecified atom stereocenters. The molecule has 1 N–H and O–H groups in total. The fraction of sp³-hybridized carbons (Fsp3) is 0.545. The molecule has 0 atom stereocenters. The van der Waals surface area contributed by atoms with E-state index in [1.54, 1.807) is 12.4 Å². The molecule has 94 valence electrons. The van der Waals surface area contributed by atoms with Gasteiger partial charge < -0.3 is 10.1 Å². The lowest BCUT2D eigenvalue weighted by atomic mass is 10.1. The summed E-state index contributed by atoms with van der Waals surface area (Å²) in [6.45, 7) is 5.95. The Morgan fingerprint density at radius 3 is 2.53 bits per heavy atom. The number of rotatable bonds is 3. The zero-order chi connectivity index (χ0) is 12.9. The van der Waals surface area contributed by atoms with Crippen molar-refractivity contribution in [3.8, 4) is 0 Å². The second-order valence-corrected chi connectivity index (χ2v) is 5.49. The summed E-state index contributed by atoms with van der Waals surface area (Å²) in [4.78, 5) is 19.5. The molecule has 1 rings (SSSR count). The summed E-state index contributed by atoms with van der Waals surface area (Å²) >= 11 is 3.25. The lowest BCUT2D eigenvalue weighted by Gasteiger charge is -2.19. The predicted octanol–water partition coefficient (Wildman–Crippen LogP) is 2.31. The van der Waals surface area contributed by atoms with Crippen LogP contribution in [0.2, 0.25) is 0 Å². The lowest BCUT2D eigenvalue weighted by molar-refractivity contribution is 0.138. The molecule has 0 bridgehead atoms. The second-order valence-electron chi connectivity index (χ2n) is 4.58. The molecule has 1 aromatic rings. The summed E-state index contributed by atoms with van der Waals surface area (Å²) in [5.41, 5.74) is -0.287. The van der Waals surface area contributed by atoms with E-state index in [9.17, 15) is 4.79 Å². The van der Waals surface area contributed by atoms with E-state index in [1.807, 2.05) is 20.8 Å². The van der Waals surface area contributed by atoms with Gasteiger partial charge in [-0.3, -0.25) is 0 Å². The summed E-state index contributed by atoms with van der Waals surface area (Å²) in [5, 5.41) is 2.71. The van der Waals surface area contributed by atoms with Crippen LogP contribution in [0.15, 0.2) is 16.9 Å². The van der Waals surface area contributed by atoms with E-state index >= 15 is 0 Å². The van der Waals surface area contributed by atoms with Gasteiger partial charge in [-0.25, -0.2) is 14.8 Å². The van der Waals surface area contributed by atoms with Gasteiger partial charge in [0.25, 0.3) is 0 Å². The van der Waals surface area contributed by atoms with Gasteiger partial charge in [0.15, 0.2) is 0 Å². The van der Waals surface area contributed by atoms with Crippen molar-refractivity contribution in [1.82, 2.24) is 15.3 Å². The maximum absolute atomic E-state index is 11.3. The Morgan fingerprint density at radius 2 is 2.00 bits per heavy atom. The Labute approximate surface area is 109 Å². The third-order valence-electron chi connectivity index (χ3n) is 1.71. The number of aromatic nitrogens is 2. The van der Waals surface area contributed by atoms with Gasteiger partial charge in [-0.05, 0) is 36.7 Å². The van der Waals surface area contributed by atoms with Gasteiger partial charge in [-0.1, -0.05) is 0 Å². The summed E-state index contributed by atoms with van der Waals surface area (Å²) in [5.74, 6) is 0.650. The fourth-order valence-electron chi connectivity index (χ4n) is 1.05. The largest absolute Gasteiger partial charge is 0.449 e. The zero-order valence-electron chi connectivity index (χ0n) is 10.2. The molecule has 0 aliphatic heterocycles. The van der Waals surface area contributed by atoms with Crippen molar-refractivity contribution in [2.24, 2.45) is 0 Å². The van der Waals surface area contributed by atoms with Gasteiger partial charge in [0.2, 0.25) is 0 Å². The molecule has 5 nitrogen and oxygen atoms in total. The molecule has 17 heavy (non-hydrogen) atoms. The topological polar surface area (TPSA) is 64.1 Å². The van der Waals surface area contributed by atoms with Gasteiger partial charge in [0, 0.05) is 24.4 Å². The monoisotopic (exact) mass is 301 g/mol. The van der Waals surface area contributed by atoms with Crippen LogP contribution in [0.4, 0.5) is 4.79 Å². The summed E-state index contributed by atoms with van der Waals surface area (Å²) in [7, 11) is 0. The number of ether oxygens (including phenoxy) is 1. The standard InChI is InChI=1S/C11H16BrN3O2/c1-11(2,3)15-10(16)17-5-4-9-13-6-8(12)7-14-9/h6-7H,4-5H2,1-3H3,(H,15,16).